The summed E-state index contributed by atoms with van der Waals surface area (Å²) in [5.74, 6) is -0.938. The Morgan fingerprint density at radius 3 is 1.37 bits per heavy atom. The molecule has 0 aliphatic carbocycles. The average molecular weight is 485 g/mol. The smallest absolute Gasteiger partial charge is 0.112 e. The number of carbonyl (C=O) groups excluding carboxylic acids is 1. The average Bonchev–Trinajstić information content (AvgIpc) is 2.77. The fraction of sp³-hybridized carbons (Fsp3) is 0.269. The summed E-state index contributed by atoms with van der Waals surface area (Å²) in [6.07, 6.45) is 6.32. The Balaban J connectivity index is 0.00000320. The molecule has 0 aromatic heterocycles. The first kappa shape index (κ1) is 24.3. The van der Waals surface area contributed by atoms with Crippen LogP contribution in [0.25, 0.3) is 0 Å². The van der Waals surface area contributed by atoms with Gasteiger partial charge >= 0.3 is 0 Å². The fourth-order valence-electron chi connectivity index (χ4n) is 4.03. The first-order valence-electron chi connectivity index (χ1n) is 10.5. The maximum Gasteiger partial charge on any atom is 0.112 e. The van der Waals surface area contributed by atoms with Crippen LogP contribution in [0.3, 0.4) is 0 Å². The summed E-state index contributed by atoms with van der Waals surface area (Å²) < 4.78 is 0. The van der Waals surface area contributed by atoms with E-state index < -0.39 is 13.2 Å². The van der Waals surface area contributed by atoms with Crippen molar-refractivity contribution in [3.8, 4) is 0 Å². The molecule has 0 amide bonds. The molecular weight excluding hydrogens is 455 g/mol. The summed E-state index contributed by atoms with van der Waals surface area (Å²) >= 11 is 0. The Kier molecular flexibility index (Phi) is 10.3. The number of hydrogen-bond acceptors (Lipinski definition) is 2. The summed E-state index contributed by atoms with van der Waals surface area (Å²) in [6, 6.07) is 32.9. The third kappa shape index (κ3) is 6.27. The van der Waals surface area contributed by atoms with Crippen molar-refractivity contribution in [1.29, 1.82) is 0 Å². The van der Waals surface area contributed by atoms with E-state index in [1.54, 1.807) is 0 Å². The zero-order valence-electron chi connectivity index (χ0n) is 17.3. The molecule has 0 saturated carbocycles. The minimum atomic E-state index is -1.73. The van der Waals surface area contributed by atoms with Gasteiger partial charge in [-0.3, -0.25) is 0 Å². The molecular formula is C26H30BrO2P. The minimum Gasteiger partial charge on any atom is -0.550 e. The Labute approximate surface area is 191 Å². The highest BCUT2D eigenvalue weighted by molar-refractivity contribution is 8.93. The Bertz CT molecular complexity index is 773. The summed E-state index contributed by atoms with van der Waals surface area (Å²) in [5, 5.41) is 14.9. The van der Waals surface area contributed by atoms with Crippen LogP contribution in [0.5, 0.6) is 0 Å². The number of carboxylic acid groups (broad SMARTS) is 1. The van der Waals surface area contributed by atoms with Gasteiger partial charge in [0.15, 0.2) is 0 Å². The number of halogens is 1. The van der Waals surface area contributed by atoms with Crippen LogP contribution in [0.1, 0.15) is 38.5 Å². The Morgan fingerprint density at radius 2 is 0.967 bits per heavy atom. The number of carbonyl (C=O) groups is 1. The minimum absolute atomic E-state index is 0. The molecule has 0 spiro atoms. The monoisotopic (exact) mass is 484 g/mol. The van der Waals surface area contributed by atoms with Crippen LogP contribution in [0.4, 0.5) is 0 Å². The van der Waals surface area contributed by atoms with Gasteiger partial charge in [-0.25, -0.2) is 0 Å². The fourth-order valence-corrected chi connectivity index (χ4v) is 8.44. The zero-order chi connectivity index (χ0) is 20.4. The lowest BCUT2D eigenvalue weighted by molar-refractivity contribution is -0.305. The first-order chi connectivity index (χ1) is 14.2. The molecule has 0 aliphatic heterocycles. The first-order valence-corrected chi connectivity index (χ1v) is 12.5. The van der Waals surface area contributed by atoms with E-state index in [1.807, 2.05) is 0 Å². The molecule has 0 fully saturated rings. The van der Waals surface area contributed by atoms with Gasteiger partial charge in [-0.15, -0.1) is 17.0 Å². The van der Waals surface area contributed by atoms with E-state index in [0.717, 1.165) is 38.3 Å². The van der Waals surface area contributed by atoms with Crippen LogP contribution in [-0.4, -0.2) is 12.1 Å². The van der Waals surface area contributed by atoms with E-state index in [0.29, 0.717) is 0 Å². The van der Waals surface area contributed by atoms with E-state index in [-0.39, 0.29) is 23.4 Å². The Morgan fingerprint density at radius 1 is 0.600 bits per heavy atom. The van der Waals surface area contributed by atoms with E-state index >= 15 is 0 Å². The number of aliphatic carboxylic acids is 1. The summed E-state index contributed by atoms with van der Waals surface area (Å²) in [6.45, 7) is 0. The van der Waals surface area contributed by atoms with Crippen molar-refractivity contribution in [2.75, 3.05) is 6.16 Å². The van der Waals surface area contributed by atoms with Crippen LogP contribution in [0.2, 0.25) is 0 Å². The molecule has 0 unspecified atom stereocenters. The van der Waals surface area contributed by atoms with Gasteiger partial charge in [0.1, 0.15) is 23.2 Å². The molecule has 0 aliphatic rings. The standard InChI is InChI=1S/C26H29O2P.BrH/c27-26(28)21-13-2-1-3-14-22-29(23-15-7-4-8-16-23,24-17-9-5-10-18-24)25-19-11-6-12-20-25;/h4-12,15-20H,1-3,13-14,21-22H2;1H. The van der Waals surface area contributed by atoms with E-state index in [1.165, 1.54) is 15.9 Å². The summed E-state index contributed by atoms with van der Waals surface area (Å²) in [7, 11) is -1.73. The molecule has 0 saturated heterocycles. The molecule has 158 valence electrons. The van der Waals surface area contributed by atoms with Crippen LogP contribution in [0, 0.1) is 0 Å². The number of benzene rings is 3. The van der Waals surface area contributed by atoms with Crippen molar-refractivity contribution in [2.45, 2.75) is 38.5 Å². The van der Waals surface area contributed by atoms with Gasteiger partial charge in [0.25, 0.3) is 0 Å². The molecule has 2 nitrogen and oxygen atoms in total. The molecule has 0 heterocycles. The molecule has 0 radical (unpaired) electrons. The SMILES string of the molecule is Br.O=C([O-])CCCCCCC[P+](c1ccccc1)(c1ccccc1)c1ccccc1. The summed E-state index contributed by atoms with van der Waals surface area (Å²) in [5.41, 5.74) is 0. The highest BCUT2D eigenvalue weighted by Gasteiger charge is 2.44. The highest BCUT2D eigenvalue weighted by atomic mass is 79.9. The number of hydrogen-bond donors (Lipinski definition) is 0. The van der Waals surface area contributed by atoms with Gasteiger partial charge in [0.05, 0.1) is 6.16 Å². The van der Waals surface area contributed by atoms with E-state index in [9.17, 15) is 9.90 Å². The molecule has 4 heteroatoms. The van der Waals surface area contributed by atoms with Gasteiger partial charge in [-0.05, 0) is 62.1 Å². The van der Waals surface area contributed by atoms with E-state index in [2.05, 4.69) is 91.0 Å². The molecule has 0 bridgehead atoms. The quantitative estimate of drug-likeness (QED) is 0.293. The summed E-state index contributed by atoms with van der Waals surface area (Å²) in [4.78, 5) is 10.6. The van der Waals surface area contributed by atoms with Crippen molar-refractivity contribution in [3.63, 3.8) is 0 Å². The number of rotatable bonds is 11. The van der Waals surface area contributed by atoms with Crippen LogP contribution in [0.15, 0.2) is 91.0 Å². The third-order valence-corrected chi connectivity index (χ3v) is 9.99. The molecule has 30 heavy (non-hydrogen) atoms. The van der Waals surface area contributed by atoms with Crippen molar-refractivity contribution < 1.29 is 9.90 Å². The highest BCUT2D eigenvalue weighted by Crippen LogP contribution is 2.55. The third-order valence-electron chi connectivity index (χ3n) is 5.47. The van der Waals surface area contributed by atoms with Crippen LogP contribution < -0.4 is 21.0 Å². The second-order valence-electron chi connectivity index (χ2n) is 7.43. The second-order valence-corrected chi connectivity index (χ2v) is 11.0. The molecule has 3 aromatic rings. The van der Waals surface area contributed by atoms with Gasteiger partial charge in [-0.2, -0.15) is 0 Å². The zero-order valence-corrected chi connectivity index (χ0v) is 19.9. The van der Waals surface area contributed by atoms with Crippen molar-refractivity contribution >= 4 is 46.1 Å². The van der Waals surface area contributed by atoms with Crippen LogP contribution in [-0.2, 0) is 4.79 Å². The predicted octanol–water partition coefficient (Wildman–Crippen LogP) is 4.65. The van der Waals surface area contributed by atoms with Gasteiger partial charge < -0.3 is 9.90 Å². The molecule has 3 rings (SSSR count). The van der Waals surface area contributed by atoms with Crippen molar-refractivity contribution in [3.05, 3.63) is 91.0 Å². The number of carboxylic acids is 1. The maximum absolute atomic E-state index is 10.6. The lowest BCUT2D eigenvalue weighted by Gasteiger charge is -2.27. The van der Waals surface area contributed by atoms with Gasteiger partial charge in [0, 0.05) is 5.97 Å². The predicted molar refractivity (Wildman–Crippen MR) is 133 cm³/mol. The number of unbranched alkanes of at least 4 members (excludes halogenated alkanes) is 4. The molecule has 0 atom stereocenters. The lowest BCUT2D eigenvalue weighted by Crippen LogP contribution is -2.33. The Hall–Kier alpha value is -1.96. The van der Waals surface area contributed by atoms with Gasteiger partial charge in [-0.1, -0.05) is 67.4 Å². The van der Waals surface area contributed by atoms with Gasteiger partial charge in [0.2, 0.25) is 0 Å². The maximum atomic E-state index is 10.6. The molecule has 3 aromatic carbocycles. The topological polar surface area (TPSA) is 40.1 Å². The van der Waals surface area contributed by atoms with Crippen LogP contribution >= 0.6 is 24.2 Å². The van der Waals surface area contributed by atoms with Crippen molar-refractivity contribution in [1.82, 2.24) is 0 Å². The molecule has 0 N–H and O–H groups in total. The largest absolute Gasteiger partial charge is 0.550 e. The van der Waals surface area contributed by atoms with Crippen molar-refractivity contribution in [2.24, 2.45) is 0 Å². The second kappa shape index (κ2) is 12.7. The normalized spacial score (nSPS) is 10.9. The van der Waals surface area contributed by atoms with E-state index in [4.69, 9.17) is 0 Å². The lowest BCUT2D eigenvalue weighted by atomic mass is 10.1.